The van der Waals surface area contributed by atoms with Crippen LogP contribution < -0.4 is 0 Å². The van der Waals surface area contributed by atoms with E-state index in [0.29, 0.717) is 17.0 Å². The second-order valence-electron chi connectivity index (χ2n) is 4.00. The molecule has 1 saturated carbocycles. The highest BCUT2D eigenvalue weighted by molar-refractivity contribution is 14.1. The third kappa shape index (κ3) is 2.03. The van der Waals surface area contributed by atoms with Crippen molar-refractivity contribution in [3.8, 4) is 0 Å². The summed E-state index contributed by atoms with van der Waals surface area (Å²) in [6.07, 6.45) is 2.50. The van der Waals surface area contributed by atoms with Crippen molar-refractivity contribution < 1.29 is 0 Å². The summed E-state index contributed by atoms with van der Waals surface area (Å²) in [7, 11) is 0. The Morgan fingerprint density at radius 2 is 2.00 bits per heavy atom. The predicted octanol–water partition coefficient (Wildman–Crippen LogP) is 3.74. The van der Waals surface area contributed by atoms with Crippen LogP contribution in [0.25, 0.3) is 0 Å². The Kier molecular flexibility index (Phi) is 2.98. The molecule has 14 heavy (non-hydrogen) atoms. The maximum absolute atomic E-state index is 6.08. The van der Waals surface area contributed by atoms with Crippen molar-refractivity contribution in [3.63, 3.8) is 0 Å². The zero-order valence-corrected chi connectivity index (χ0v) is 11.1. The Bertz CT molecular complexity index is 361. The number of rotatable bonds is 2. The van der Waals surface area contributed by atoms with Crippen LogP contribution in [0.5, 0.6) is 0 Å². The largest absolute Gasteiger partial charge is 0.236 e. The highest BCUT2D eigenvalue weighted by atomic mass is 127. The molecule has 0 aliphatic heterocycles. The minimum atomic E-state index is 0.349. The molecule has 1 aliphatic carbocycles. The molecule has 0 radical (unpaired) electrons. The fraction of sp³-hybridized carbons (Fsp3) is 0.600. The van der Waals surface area contributed by atoms with Gasteiger partial charge in [-0.15, -0.1) is 0 Å². The fourth-order valence-electron chi connectivity index (χ4n) is 1.34. The summed E-state index contributed by atoms with van der Waals surface area (Å²) < 4.78 is 1.04. The number of halogens is 2. The average molecular weight is 323 g/mol. The van der Waals surface area contributed by atoms with E-state index < -0.39 is 0 Å². The van der Waals surface area contributed by atoms with Gasteiger partial charge in [0.15, 0.2) is 0 Å². The molecule has 1 heterocycles. The van der Waals surface area contributed by atoms with Crippen molar-refractivity contribution in [1.29, 1.82) is 0 Å². The molecule has 4 heteroatoms. The summed E-state index contributed by atoms with van der Waals surface area (Å²) in [5.41, 5.74) is 1.16. The van der Waals surface area contributed by atoms with Crippen LogP contribution in [0.4, 0.5) is 0 Å². The van der Waals surface area contributed by atoms with E-state index in [4.69, 9.17) is 11.6 Å². The Morgan fingerprint density at radius 1 is 1.36 bits per heavy atom. The predicted molar refractivity (Wildman–Crippen MR) is 65.8 cm³/mol. The number of aromatic nitrogens is 2. The first kappa shape index (κ1) is 10.6. The van der Waals surface area contributed by atoms with Gasteiger partial charge in [0.05, 0.1) is 9.26 Å². The van der Waals surface area contributed by atoms with Gasteiger partial charge >= 0.3 is 0 Å². The molecule has 2 rings (SSSR count). The van der Waals surface area contributed by atoms with E-state index in [0.717, 1.165) is 15.1 Å². The van der Waals surface area contributed by atoms with Crippen LogP contribution in [0.2, 0.25) is 5.15 Å². The number of hydrogen-bond acceptors (Lipinski definition) is 2. The van der Waals surface area contributed by atoms with Gasteiger partial charge in [0.2, 0.25) is 0 Å². The lowest BCUT2D eigenvalue weighted by atomic mass is 10.2. The molecule has 76 valence electrons. The number of nitrogens with zero attached hydrogens (tertiary/aromatic N) is 2. The van der Waals surface area contributed by atoms with Crippen molar-refractivity contribution in [2.75, 3.05) is 0 Å². The summed E-state index contributed by atoms with van der Waals surface area (Å²) >= 11 is 8.32. The van der Waals surface area contributed by atoms with E-state index in [1.165, 1.54) is 12.8 Å². The topological polar surface area (TPSA) is 25.8 Å². The molecule has 0 N–H and O–H groups in total. The molecule has 0 bridgehead atoms. The van der Waals surface area contributed by atoms with Gasteiger partial charge in [-0.3, -0.25) is 0 Å². The van der Waals surface area contributed by atoms with E-state index in [9.17, 15) is 0 Å². The lowest BCUT2D eigenvalue weighted by Gasteiger charge is -2.09. The molecular weight excluding hydrogens is 310 g/mol. The molecule has 0 aromatic carbocycles. The van der Waals surface area contributed by atoms with E-state index in [-0.39, 0.29) is 0 Å². The van der Waals surface area contributed by atoms with E-state index >= 15 is 0 Å². The minimum absolute atomic E-state index is 0.349. The smallest absolute Gasteiger partial charge is 0.146 e. The monoisotopic (exact) mass is 322 g/mol. The first-order valence-corrected chi connectivity index (χ1v) is 6.28. The maximum Gasteiger partial charge on any atom is 0.146 e. The van der Waals surface area contributed by atoms with Gasteiger partial charge in [0, 0.05) is 11.8 Å². The summed E-state index contributed by atoms with van der Waals surface area (Å²) in [5.74, 6) is 1.86. The highest BCUT2D eigenvalue weighted by Crippen LogP contribution is 2.42. The van der Waals surface area contributed by atoms with Gasteiger partial charge in [-0.05, 0) is 35.4 Å². The van der Waals surface area contributed by atoms with Crippen LogP contribution in [-0.2, 0) is 0 Å². The van der Waals surface area contributed by atoms with Crippen LogP contribution in [0, 0.1) is 3.57 Å². The molecule has 0 atom stereocenters. The molecule has 0 saturated heterocycles. The average Bonchev–Trinajstić information content (AvgIpc) is 2.92. The first-order valence-electron chi connectivity index (χ1n) is 4.82. The molecule has 1 aliphatic rings. The lowest BCUT2D eigenvalue weighted by Crippen LogP contribution is -2.04. The standard InChI is InChI=1S/C10H12ClIN2/c1-5(2)10-13-8(6-3-4-6)7(12)9(11)14-10/h5-6H,3-4H2,1-2H3. The molecule has 1 aromatic rings. The molecule has 1 aromatic heterocycles. The summed E-state index contributed by atoms with van der Waals surface area (Å²) in [6, 6.07) is 0. The van der Waals surface area contributed by atoms with Gasteiger partial charge in [-0.2, -0.15) is 0 Å². The van der Waals surface area contributed by atoms with Crippen molar-refractivity contribution in [2.45, 2.75) is 38.5 Å². The molecular formula is C10H12ClIN2. The SMILES string of the molecule is CC(C)c1nc(Cl)c(I)c(C2CC2)n1. The first-order chi connectivity index (χ1) is 6.59. The molecule has 1 fully saturated rings. The van der Waals surface area contributed by atoms with Crippen LogP contribution in [0.1, 0.15) is 50.0 Å². The third-order valence-electron chi connectivity index (χ3n) is 2.33. The van der Waals surface area contributed by atoms with E-state index in [2.05, 4.69) is 46.4 Å². The van der Waals surface area contributed by atoms with Gasteiger partial charge in [0.25, 0.3) is 0 Å². The summed E-state index contributed by atoms with van der Waals surface area (Å²) in [6.45, 7) is 4.18. The van der Waals surface area contributed by atoms with Crippen LogP contribution in [0.15, 0.2) is 0 Å². The summed E-state index contributed by atoms with van der Waals surface area (Å²) in [4.78, 5) is 8.88. The van der Waals surface area contributed by atoms with E-state index in [1.54, 1.807) is 0 Å². The Balaban J connectivity index is 2.46. The molecule has 0 unspecified atom stereocenters. The van der Waals surface area contributed by atoms with Gasteiger partial charge in [-0.1, -0.05) is 25.4 Å². The van der Waals surface area contributed by atoms with Crippen molar-refractivity contribution in [2.24, 2.45) is 0 Å². The highest BCUT2D eigenvalue weighted by Gasteiger charge is 2.29. The minimum Gasteiger partial charge on any atom is -0.236 e. The molecule has 2 nitrogen and oxygen atoms in total. The van der Waals surface area contributed by atoms with Crippen molar-refractivity contribution in [1.82, 2.24) is 9.97 Å². The van der Waals surface area contributed by atoms with Crippen LogP contribution in [0.3, 0.4) is 0 Å². The van der Waals surface area contributed by atoms with Crippen molar-refractivity contribution >= 4 is 34.2 Å². The Hall–Kier alpha value is 0.1000. The molecule has 0 spiro atoms. The second-order valence-corrected chi connectivity index (χ2v) is 5.44. The van der Waals surface area contributed by atoms with Gasteiger partial charge in [0.1, 0.15) is 11.0 Å². The normalized spacial score (nSPS) is 16.4. The van der Waals surface area contributed by atoms with E-state index in [1.807, 2.05) is 0 Å². The Labute approximate surface area is 103 Å². The van der Waals surface area contributed by atoms with Gasteiger partial charge < -0.3 is 0 Å². The second kappa shape index (κ2) is 3.93. The molecule has 0 amide bonds. The van der Waals surface area contributed by atoms with Crippen molar-refractivity contribution in [3.05, 3.63) is 20.2 Å². The fourth-order valence-corrected chi connectivity index (χ4v) is 2.20. The third-order valence-corrected chi connectivity index (χ3v) is 3.99. The maximum atomic E-state index is 6.08. The lowest BCUT2D eigenvalue weighted by molar-refractivity contribution is 0.753. The summed E-state index contributed by atoms with van der Waals surface area (Å²) in [5, 5.41) is 0.617. The Morgan fingerprint density at radius 3 is 2.50 bits per heavy atom. The quantitative estimate of drug-likeness (QED) is 0.612. The van der Waals surface area contributed by atoms with Crippen LogP contribution >= 0.6 is 34.2 Å². The zero-order chi connectivity index (χ0) is 10.3. The number of hydrogen-bond donors (Lipinski definition) is 0. The van der Waals surface area contributed by atoms with Gasteiger partial charge in [-0.25, -0.2) is 9.97 Å². The van der Waals surface area contributed by atoms with Crippen LogP contribution in [-0.4, -0.2) is 9.97 Å². The zero-order valence-electron chi connectivity index (χ0n) is 8.22.